The van der Waals surface area contributed by atoms with Crippen molar-refractivity contribution in [1.29, 1.82) is 0 Å². The summed E-state index contributed by atoms with van der Waals surface area (Å²) in [6.45, 7) is 7.46. The maximum Gasteiger partial charge on any atom is 0.220 e. The Bertz CT molecular complexity index is 255. The maximum absolute atomic E-state index is 11.9. The summed E-state index contributed by atoms with van der Waals surface area (Å²) in [6, 6.07) is 0.395. The third-order valence-electron chi connectivity index (χ3n) is 4.58. The zero-order valence-electron chi connectivity index (χ0n) is 12.2. The molecule has 1 aliphatic carbocycles. The van der Waals surface area contributed by atoms with E-state index < -0.39 is 0 Å². The maximum atomic E-state index is 11.9. The third kappa shape index (κ3) is 4.97. The predicted octanol–water partition coefficient (Wildman–Crippen LogP) is 2.69. The molecule has 4 atom stereocenters. The number of nitrogens with one attached hydrogen (secondary N) is 1. The van der Waals surface area contributed by atoms with Crippen molar-refractivity contribution in [1.82, 2.24) is 5.32 Å². The van der Waals surface area contributed by atoms with Crippen molar-refractivity contribution >= 4 is 5.91 Å². The lowest BCUT2D eigenvalue weighted by atomic mass is 9.78. The Labute approximate surface area is 112 Å². The van der Waals surface area contributed by atoms with Gasteiger partial charge in [-0.1, -0.05) is 33.6 Å². The number of carbonyl (C=O) groups is 1. The van der Waals surface area contributed by atoms with Gasteiger partial charge in [-0.25, -0.2) is 0 Å². The van der Waals surface area contributed by atoms with E-state index in [9.17, 15) is 4.79 Å². The van der Waals surface area contributed by atoms with Gasteiger partial charge in [0.25, 0.3) is 0 Å². The first kappa shape index (κ1) is 15.5. The van der Waals surface area contributed by atoms with Gasteiger partial charge in [-0.05, 0) is 43.6 Å². The molecule has 0 spiro atoms. The molecule has 3 heteroatoms. The molecule has 106 valence electrons. The lowest BCUT2D eigenvalue weighted by molar-refractivity contribution is -0.122. The van der Waals surface area contributed by atoms with E-state index in [0.717, 1.165) is 31.7 Å². The molecule has 0 aliphatic heterocycles. The van der Waals surface area contributed by atoms with Crippen molar-refractivity contribution < 1.29 is 4.79 Å². The summed E-state index contributed by atoms with van der Waals surface area (Å²) in [7, 11) is 0. The number of hydrogen-bond donors (Lipinski definition) is 2. The van der Waals surface area contributed by atoms with E-state index in [1.54, 1.807) is 0 Å². The van der Waals surface area contributed by atoms with Gasteiger partial charge in [-0.3, -0.25) is 4.79 Å². The predicted molar refractivity (Wildman–Crippen MR) is 76.2 cm³/mol. The Morgan fingerprint density at radius 1 is 1.33 bits per heavy atom. The summed E-state index contributed by atoms with van der Waals surface area (Å²) in [4.78, 5) is 11.9. The first-order valence-corrected chi connectivity index (χ1v) is 7.54. The van der Waals surface area contributed by atoms with E-state index in [2.05, 4.69) is 26.1 Å². The van der Waals surface area contributed by atoms with Crippen molar-refractivity contribution in [2.24, 2.45) is 23.5 Å². The standard InChI is InChI=1S/C15H30N2O/c1-11(9-10-16)7-8-15(18)17-14-6-4-5-12(2)13(14)3/h11-14H,4-10,16H2,1-3H3,(H,17,18). The van der Waals surface area contributed by atoms with Gasteiger partial charge in [0.05, 0.1) is 0 Å². The van der Waals surface area contributed by atoms with Crippen LogP contribution in [0.1, 0.15) is 59.3 Å². The molecule has 0 heterocycles. The Kier molecular flexibility index (Phi) is 6.69. The molecule has 0 aromatic carbocycles. The number of carbonyl (C=O) groups excluding carboxylic acids is 1. The fourth-order valence-electron chi connectivity index (χ4n) is 2.87. The molecular formula is C15H30N2O. The van der Waals surface area contributed by atoms with Gasteiger partial charge in [0.2, 0.25) is 5.91 Å². The molecule has 1 aliphatic rings. The van der Waals surface area contributed by atoms with Crippen LogP contribution in [0, 0.1) is 17.8 Å². The van der Waals surface area contributed by atoms with Crippen LogP contribution in [0.3, 0.4) is 0 Å². The van der Waals surface area contributed by atoms with Crippen LogP contribution in [0.15, 0.2) is 0 Å². The summed E-state index contributed by atoms with van der Waals surface area (Å²) in [5, 5.41) is 3.23. The summed E-state index contributed by atoms with van der Waals surface area (Å²) in [5.41, 5.74) is 5.52. The van der Waals surface area contributed by atoms with Crippen LogP contribution in [-0.4, -0.2) is 18.5 Å². The topological polar surface area (TPSA) is 55.1 Å². The van der Waals surface area contributed by atoms with Crippen LogP contribution in [-0.2, 0) is 4.79 Å². The van der Waals surface area contributed by atoms with Gasteiger partial charge in [-0.15, -0.1) is 0 Å². The smallest absolute Gasteiger partial charge is 0.220 e. The zero-order valence-corrected chi connectivity index (χ0v) is 12.2. The highest BCUT2D eigenvalue weighted by molar-refractivity contribution is 5.76. The summed E-state index contributed by atoms with van der Waals surface area (Å²) < 4.78 is 0. The van der Waals surface area contributed by atoms with Crippen LogP contribution >= 0.6 is 0 Å². The van der Waals surface area contributed by atoms with Crippen molar-refractivity contribution in [3.8, 4) is 0 Å². The van der Waals surface area contributed by atoms with Crippen LogP contribution in [0.5, 0.6) is 0 Å². The first-order chi connectivity index (χ1) is 8.54. The lowest BCUT2D eigenvalue weighted by Gasteiger charge is -2.34. The first-order valence-electron chi connectivity index (χ1n) is 7.54. The molecule has 1 amide bonds. The number of nitrogens with two attached hydrogens (primary N) is 1. The Morgan fingerprint density at radius 3 is 2.72 bits per heavy atom. The molecule has 4 unspecified atom stereocenters. The highest BCUT2D eigenvalue weighted by atomic mass is 16.1. The lowest BCUT2D eigenvalue weighted by Crippen LogP contribution is -2.43. The van der Waals surface area contributed by atoms with Crippen molar-refractivity contribution in [2.45, 2.75) is 65.3 Å². The van der Waals surface area contributed by atoms with Crippen LogP contribution < -0.4 is 11.1 Å². The van der Waals surface area contributed by atoms with E-state index in [1.165, 1.54) is 12.8 Å². The molecule has 3 nitrogen and oxygen atoms in total. The molecule has 0 aromatic rings. The molecule has 1 saturated carbocycles. The summed E-state index contributed by atoms with van der Waals surface area (Å²) in [5.74, 6) is 2.14. The van der Waals surface area contributed by atoms with Crippen molar-refractivity contribution in [3.63, 3.8) is 0 Å². The second-order valence-electron chi connectivity index (χ2n) is 6.16. The molecule has 3 N–H and O–H groups in total. The highest BCUT2D eigenvalue weighted by Crippen LogP contribution is 2.29. The van der Waals surface area contributed by atoms with Crippen LogP contribution in [0.4, 0.5) is 0 Å². The second-order valence-corrected chi connectivity index (χ2v) is 6.16. The molecule has 0 aromatic heterocycles. The average molecular weight is 254 g/mol. The second kappa shape index (κ2) is 7.78. The van der Waals surface area contributed by atoms with Crippen molar-refractivity contribution in [2.75, 3.05) is 6.54 Å². The van der Waals surface area contributed by atoms with E-state index in [1.807, 2.05) is 0 Å². The number of rotatable bonds is 6. The summed E-state index contributed by atoms with van der Waals surface area (Å²) >= 11 is 0. The Morgan fingerprint density at radius 2 is 2.06 bits per heavy atom. The minimum Gasteiger partial charge on any atom is -0.353 e. The molecule has 1 rings (SSSR count). The fraction of sp³-hybridized carbons (Fsp3) is 0.933. The van der Waals surface area contributed by atoms with E-state index in [0.29, 0.717) is 24.3 Å². The van der Waals surface area contributed by atoms with E-state index in [4.69, 9.17) is 5.73 Å². The zero-order chi connectivity index (χ0) is 13.5. The molecule has 0 saturated heterocycles. The van der Waals surface area contributed by atoms with Gasteiger partial charge in [0, 0.05) is 12.5 Å². The molecular weight excluding hydrogens is 224 g/mol. The monoisotopic (exact) mass is 254 g/mol. The van der Waals surface area contributed by atoms with Crippen LogP contribution in [0.2, 0.25) is 0 Å². The third-order valence-corrected chi connectivity index (χ3v) is 4.58. The minimum absolute atomic E-state index is 0.227. The van der Waals surface area contributed by atoms with Gasteiger partial charge in [0.15, 0.2) is 0 Å². The van der Waals surface area contributed by atoms with Gasteiger partial charge >= 0.3 is 0 Å². The fourth-order valence-corrected chi connectivity index (χ4v) is 2.87. The normalized spacial score (nSPS) is 29.9. The quantitative estimate of drug-likeness (QED) is 0.765. The molecule has 0 bridgehead atoms. The van der Waals surface area contributed by atoms with Gasteiger partial charge in [-0.2, -0.15) is 0 Å². The largest absolute Gasteiger partial charge is 0.353 e. The SMILES string of the molecule is CC(CCN)CCC(=O)NC1CCCC(C)C1C. The highest BCUT2D eigenvalue weighted by Gasteiger charge is 2.27. The Balaban J connectivity index is 2.26. The molecule has 18 heavy (non-hydrogen) atoms. The van der Waals surface area contributed by atoms with Gasteiger partial charge in [0.1, 0.15) is 0 Å². The summed E-state index contributed by atoms with van der Waals surface area (Å²) in [6.07, 6.45) is 6.33. The molecule has 0 radical (unpaired) electrons. The van der Waals surface area contributed by atoms with E-state index in [-0.39, 0.29) is 5.91 Å². The Hall–Kier alpha value is -0.570. The minimum atomic E-state index is 0.227. The van der Waals surface area contributed by atoms with E-state index >= 15 is 0 Å². The number of amides is 1. The van der Waals surface area contributed by atoms with Crippen molar-refractivity contribution in [3.05, 3.63) is 0 Å². The van der Waals surface area contributed by atoms with Gasteiger partial charge < -0.3 is 11.1 Å². The number of hydrogen-bond acceptors (Lipinski definition) is 2. The average Bonchev–Trinajstić information content (AvgIpc) is 2.33. The molecule has 1 fully saturated rings. The van der Waals surface area contributed by atoms with Crippen LogP contribution in [0.25, 0.3) is 0 Å².